The predicted molar refractivity (Wildman–Crippen MR) is 77.2 cm³/mol. The Morgan fingerprint density at radius 2 is 1.89 bits per heavy atom. The maximum atomic E-state index is 12.3. The van der Waals surface area contributed by atoms with E-state index >= 15 is 0 Å². The maximum absolute atomic E-state index is 12.3. The number of carbonyl (C=O) groups is 1. The second-order valence-electron chi connectivity index (χ2n) is 4.54. The second kappa shape index (κ2) is 6.90. The van der Waals surface area contributed by atoms with Crippen molar-refractivity contribution in [1.82, 2.24) is 9.80 Å². The molecule has 0 atom stereocenters. The van der Waals surface area contributed by atoms with Crippen LogP contribution in [-0.4, -0.2) is 53.8 Å². The van der Waals surface area contributed by atoms with E-state index in [4.69, 9.17) is 0 Å². The van der Waals surface area contributed by atoms with Gasteiger partial charge in [0.1, 0.15) is 0 Å². The van der Waals surface area contributed by atoms with Gasteiger partial charge in [0.2, 0.25) is 0 Å². The number of nitrogens with zero attached hydrogens (tertiary/aromatic N) is 2. The highest BCUT2D eigenvalue weighted by atomic mass is 79.9. The fourth-order valence-corrected chi connectivity index (χ4v) is 2.78. The fourth-order valence-electron chi connectivity index (χ4n) is 2.28. The van der Waals surface area contributed by atoms with E-state index in [1.54, 1.807) is 0 Å². The van der Waals surface area contributed by atoms with Crippen molar-refractivity contribution >= 4 is 21.8 Å². The summed E-state index contributed by atoms with van der Waals surface area (Å²) in [5.41, 5.74) is 0.798. The van der Waals surface area contributed by atoms with E-state index < -0.39 is 0 Å². The van der Waals surface area contributed by atoms with Gasteiger partial charge in [-0.3, -0.25) is 4.79 Å². The first-order valence-corrected chi connectivity index (χ1v) is 7.56. The lowest BCUT2D eigenvalue weighted by Gasteiger charge is -2.21. The van der Waals surface area contributed by atoms with E-state index in [9.17, 15) is 4.79 Å². The summed E-state index contributed by atoms with van der Waals surface area (Å²) in [5, 5.41) is 1.000. The third-order valence-electron chi connectivity index (χ3n) is 3.30. The van der Waals surface area contributed by atoms with Gasteiger partial charge in [0.05, 0.1) is 0 Å². The van der Waals surface area contributed by atoms with Gasteiger partial charge in [0, 0.05) is 37.1 Å². The lowest BCUT2D eigenvalue weighted by molar-refractivity contribution is 0.0762. The van der Waals surface area contributed by atoms with Gasteiger partial charge in [-0.15, -0.1) is 0 Å². The third kappa shape index (κ3) is 3.56. The van der Waals surface area contributed by atoms with E-state index in [0.717, 1.165) is 50.0 Å². The Labute approximate surface area is 117 Å². The minimum Gasteiger partial charge on any atom is -0.337 e. The Balaban J connectivity index is 1.96. The highest BCUT2D eigenvalue weighted by Crippen LogP contribution is 2.09. The molecule has 0 unspecified atom stereocenters. The van der Waals surface area contributed by atoms with Gasteiger partial charge >= 0.3 is 0 Å². The van der Waals surface area contributed by atoms with Crippen molar-refractivity contribution in [1.29, 1.82) is 0 Å². The molecule has 3 nitrogen and oxygen atoms in total. The molecule has 1 aromatic carbocycles. The fraction of sp³-hybridized carbons (Fsp3) is 0.500. The molecule has 1 saturated heterocycles. The first kappa shape index (κ1) is 13.6. The van der Waals surface area contributed by atoms with Crippen molar-refractivity contribution in [3.63, 3.8) is 0 Å². The Hall–Kier alpha value is -0.870. The third-order valence-corrected chi connectivity index (χ3v) is 3.65. The molecule has 1 fully saturated rings. The molecule has 18 heavy (non-hydrogen) atoms. The number of hydrogen-bond acceptors (Lipinski definition) is 2. The summed E-state index contributed by atoms with van der Waals surface area (Å²) < 4.78 is 0. The molecule has 0 aromatic heterocycles. The molecule has 0 bridgehead atoms. The van der Waals surface area contributed by atoms with Gasteiger partial charge < -0.3 is 9.80 Å². The Morgan fingerprint density at radius 3 is 2.61 bits per heavy atom. The van der Waals surface area contributed by atoms with Crippen molar-refractivity contribution in [2.24, 2.45) is 0 Å². The van der Waals surface area contributed by atoms with Crippen LogP contribution in [0.3, 0.4) is 0 Å². The number of halogens is 1. The number of carbonyl (C=O) groups excluding carboxylic acids is 1. The number of amides is 1. The number of hydrogen-bond donors (Lipinski definition) is 0. The lowest BCUT2D eigenvalue weighted by Crippen LogP contribution is -2.35. The van der Waals surface area contributed by atoms with Crippen LogP contribution in [0, 0.1) is 0 Å². The maximum Gasteiger partial charge on any atom is 0.253 e. The zero-order chi connectivity index (χ0) is 12.8. The van der Waals surface area contributed by atoms with Crippen LogP contribution in [0.2, 0.25) is 0 Å². The van der Waals surface area contributed by atoms with E-state index in [1.165, 1.54) is 0 Å². The topological polar surface area (TPSA) is 23.6 Å². The molecule has 0 aliphatic carbocycles. The van der Waals surface area contributed by atoms with Crippen molar-refractivity contribution in [3.05, 3.63) is 35.9 Å². The van der Waals surface area contributed by atoms with Crippen molar-refractivity contribution < 1.29 is 4.79 Å². The average molecular weight is 311 g/mol. The zero-order valence-corrected chi connectivity index (χ0v) is 12.1. The molecule has 2 rings (SSSR count). The normalized spacial score (nSPS) is 17.5. The summed E-state index contributed by atoms with van der Waals surface area (Å²) in [5.74, 6) is 0.163. The van der Waals surface area contributed by atoms with Crippen molar-refractivity contribution in [2.75, 3.05) is 38.1 Å². The van der Waals surface area contributed by atoms with Crippen LogP contribution in [0.25, 0.3) is 0 Å². The van der Waals surface area contributed by atoms with Gasteiger partial charge in [0.25, 0.3) is 5.91 Å². The SMILES string of the molecule is O=C(c1ccccc1)N1CCCN(CCBr)CC1. The molecule has 1 amide bonds. The standard InChI is InChI=1S/C14H19BrN2O/c15-7-10-16-8-4-9-17(12-11-16)14(18)13-5-2-1-3-6-13/h1-3,5-6H,4,7-12H2. The Morgan fingerprint density at radius 1 is 1.11 bits per heavy atom. The molecule has 98 valence electrons. The molecular weight excluding hydrogens is 292 g/mol. The monoisotopic (exact) mass is 310 g/mol. The lowest BCUT2D eigenvalue weighted by atomic mass is 10.2. The van der Waals surface area contributed by atoms with Crippen LogP contribution < -0.4 is 0 Å². The number of benzene rings is 1. The van der Waals surface area contributed by atoms with Gasteiger partial charge in [-0.2, -0.15) is 0 Å². The van der Waals surface area contributed by atoms with Crippen LogP contribution in [0.5, 0.6) is 0 Å². The van der Waals surface area contributed by atoms with Crippen LogP contribution in [0.1, 0.15) is 16.8 Å². The largest absolute Gasteiger partial charge is 0.337 e. The molecule has 1 aliphatic rings. The minimum absolute atomic E-state index is 0.163. The highest BCUT2D eigenvalue weighted by molar-refractivity contribution is 9.09. The van der Waals surface area contributed by atoms with Gasteiger partial charge in [0.15, 0.2) is 0 Å². The van der Waals surface area contributed by atoms with Crippen LogP contribution in [-0.2, 0) is 0 Å². The minimum atomic E-state index is 0.163. The van der Waals surface area contributed by atoms with E-state index in [2.05, 4.69) is 20.8 Å². The number of alkyl halides is 1. The molecular formula is C14H19BrN2O. The molecule has 1 aromatic rings. The summed E-state index contributed by atoms with van der Waals surface area (Å²) in [6.07, 6.45) is 1.06. The predicted octanol–water partition coefficient (Wildman–Crippen LogP) is 2.23. The molecule has 0 radical (unpaired) electrons. The Bertz CT molecular complexity index is 383. The molecule has 0 spiro atoms. The Kier molecular flexibility index (Phi) is 5.20. The van der Waals surface area contributed by atoms with Gasteiger partial charge in [-0.05, 0) is 25.1 Å². The van der Waals surface area contributed by atoms with E-state index in [0.29, 0.717) is 0 Å². The summed E-state index contributed by atoms with van der Waals surface area (Å²) >= 11 is 3.47. The molecule has 1 aliphatic heterocycles. The summed E-state index contributed by atoms with van der Waals surface area (Å²) in [7, 11) is 0. The molecule has 1 heterocycles. The van der Waals surface area contributed by atoms with Crippen molar-refractivity contribution in [2.45, 2.75) is 6.42 Å². The highest BCUT2D eigenvalue weighted by Gasteiger charge is 2.19. The molecule has 0 saturated carbocycles. The number of rotatable bonds is 3. The summed E-state index contributed by atoms with van der Waals surface area (Å²) in [6.45, 7) is 4.83. The zero-order valence-electron chi connectivity index (χ0n) is 10.5. The summed E-state index contributed by atoms with van der Waals surface area (Å²) in [4.78, 5) is 16.7. The molecule has 0 N–H and O–H groups in total. The van der Waals surface area contributed by atoms with Crippen molar-refractivity contribution in [3.8, 4) is 0 Å². The van der Waals surface area contributed by atoms with Gasteiger partial charge in [-0.1, -0.05) is 34.1 Å². The quantitative estimate of drug-likeness (QED) is 0.799. The van der Waals surface area contributed by atoms with E-state index in [-0.39, 0.29) is 5.91 Å². The second-order valence-corrected chi connectivity index (χ2v) is 5.34. The molecule has 4 heteroatoms. The van der Waals surface area contributed by atoms with Crippen LogP contribution in [0.15, 0.2) is 30.3 Å². The van der Waals surface area contributed by atoms with Crippen LogP contribution >= 0.6 is 15.9 Å². The smallest absolute Gasteiger partial charge is 0.253 e. The first-order valence-electron chi connectivity index (χ1n) is 6.44. The first-order chi connectivity index (χ1) is 8.81. The van der Waals surface area contributed by atoms with E-state index in [1.807, 2.05) is 35.2 Å². The summed E-state index contributed by atoms with van der Waals surface area (Å²) in [6, 6.07) is 9.56. The van der Waals surface area contributed by atoms with Gasteiger partial charge in [-0.25, -0.2) is 0 Å². The van der Waals surface area contributed by atoms with Crippen LogP contribution in [0.4, 0.5) is 0 Å². The average Bonchev–Trinajstić information content (AvgIpc) is 2.65.